The molecule has 0 aromatic carbocycles. The summed E-state index contributed by atoms with van der Waals surface area (Å²) in [6, 6.07) is 0. The molecule has 0 bridgehead atoms. The molecular weight excluding hydrogens is 140 g/mol. The van der Waals surface area contributed by atoms with Crippen LogP contribution in [0.1, 0.15) is 18.2 Å². The molecular formula is C8H14N2O. The van der Waals surface area contributed by atoms with Crippen molar-refractivity contribution in [2.75, 3.05) is 6.61 Å². The molecule has 0 saturated heterocycles. The standard InChI is InChI=1S/C8H14N2O/c1-5-11-8-6(2)7(3)10(4)9-8/h5H2,1-4H3. The van der Waals surface area contributed by atoms with Crippen LogP contribution in [0.2, 0.25) is 0 Å². The summed E-state index contributed by atoms with van der Waals surface area (Å²) in [5, 5.41) is 4.19. The Morgan fingerprint density at radius 2 is 2.09 bits per heavy atom. The highest BCUT2D eigenvalue weighted by atomic mass is 16.5. The van der Waals surface area contributed by atoms with Gasteiger partial charge in [0.2, 0.25) is 5.88 Å². The fraction of sp³-hybridized carbons (Fsp3) is 0.625. The first-order valence-corrected chi connectivity index (χ1v) is 3.79. The van der Waals surface area contributed by atoms with Gasteiger partial charge in [-0.15, -0.1) is 5.10 Å². The summed E-state index contributed by atoms with van der Waals surface area (Å²) >= 11 is 0. The first-order valence-electron chi connectivity index (χ1n) is 3.79. The van der Waals surface area contributed by atoms with Crippen LogP contribution < -0.4 is 4.74 Å². The van der Waals surface area contributed by atoms with Crippen molar-refractivity contribution < 1.29 is 4.74 Å². The van der Waals surface area contributed by atoms with Crippen LogP contribution in [0.5, 0.6) is 5.88 Å². The molecule has 11 heavy (non-hydrogen) atoms. The number of hydrogen-bond acceptors (Lipinski definition) is 2. The molecule has 0 unspecified atom stereocenters. The van der Waals surface area contributed by atoms with Crippen LogP contribution in [0, 0.1) is 13.8 Å². The Bertz CT molecular complexity index is 253. The van der Waals surface area contributed by atoms with Crippen LogP contribution in [-0.4, -0.2) is 16.4 Å². The lowest BCUT2D eigenvalue weighted by molar-refractivity contribution is 0.321. The zero-order chi connectivity index (χ0) is 8.43. The number of ether oxygens (including phenoxy) is 1. The molecule has 0 aliphatic rings. The van der Waals surface area contributed by atoms with Crippen LogP contribution in [0.4, 0.5) is 0 Å². The summed E-state index contributed by atoms with van der Waals surface area (Å²) in [5.74, 6) is 0.757. The minimum atomic E-state index is 0.678. The fourth-order valence-electron chi connectivity index (χ4n) is 0.958. The van der Waals surface area contributed by atoms with Gasteiger partial charge in [-0.1, -0.05) is 0 Å². The van der Waals surface area contributed by atoms with Crippen molar-refractivity contribution in [2.45, 2.75) is 20.8 Å². The highest BCUT2D eigenvalue weighted by Crippen LogP contribution is 2.17. The van der Waals surface area contributed by atoms with Crippen molar-refractivity contribution >= 4 is 0 Å². The maximum atomic E-state index is 5.31. The van der Waals surface area contributed by atoms with Gasteiger partial charge in [0.25, 0.3) is 0 Å². The number of aromatic nitrogens is 2. The lowest BCUT2D eigenvalue weighted by atomic mass is 10.3. The summed E-state index contributed by atoms with van der Waals surface area (Å²) < 4.78 is 7.14. The van der Waals surface area contributed by atoms with E-state index in [0.717, 1.165) is 17.1 Å². The summed E-state index contributed by atoms with van der Waals surface area (Å²) in [6.45, 7) is 6.69. The Morgan fingerprint density at radius 1 is 1.45 bits per heavy atom. The van der Waals surface area contributed by atoms with Gasteiger partial charge in [0.15, 0.2) is 0 Å². The van der Waals surface area contributed by atoms with Gasteiger partial charge in [0.1, 0.15) is 0 Å². The highest BCUT2D eigenvalue weighted by Gasteiger charge is 2.07. The van der Waals surface area contributed by atoms with Crippen molar-refractivity contribution in [3.8, 4) is 5.88 Å². The van der Waals surface area contributed by atoms with Crippen LogP contribution in [-0.2, 0) is 7.05 Å². The molecule has 0 N–H and O–H groups in total. The molecule has 0 aliphatic heterocycles. The molecule has 0 aliphatic carbocycles. The molecule has 1 rings (SSSR count). The monoisotopic (exact) mass is 154 g/mol. The summed E-state index contributed by atoms with van der Waals surface area (Å²) in [4.78, 5) is 0. The molecule has 0 saturated carbocycles. The van der Waals surface area contributed by atoms with Gasteiger partial charge in [-0.25, -0.2) is 0 Å². The van der Waals surface area contributed by atoms with Crippen molar-refractivity contribution in [2.24, 2.45) is 7.05 Å². The van der Waals surface area contributed by atoms with E-state index >= 15 is 0 Å². The van der Waals surface area contributed by atoms with Crippen molar-refractivity contribution in [3.05, 3.63) is 11.3 Å². The van der Waals surface area contributed by atoms with Gasteiger partial charge in [-0.05, 0) is 20.8 Å². The molecule has 0 spiro atoms. The second kappa shape index (κ2) is 2.95. The molecule has 3 heteroatoms. The van der Waals surface area contributed by atoms with Crippen molar-refractivity contribution in [1.29, 1.82) is 0 Å². The Hall–Kier alpha value is -0.990. The van der Waals surface area contributed by atoms with E-state index in [2.05, 4.69) is 5.10 Å². The van der Waals surface area contributed by atoms with Crippen LogP contribution in [0.3, 0.4) is 0 Å². The Labute approximate surface area is 67.0 Å². The maximum absolute atomic E-state index is 5.31. The third-order valence-corrected chi connectivity index (χ3v) is 1.87. The molecule has 1 aromatic heterocycles. The first-order chi connectivity index (χ1) is 5.16. The zero-order valence-corrected chi connectivity index (χ0v) is 7.51. The molecule has 0 fully saturated rings. The highest BCUT2D eigenvalue weighted by molar-refractivity contribution is 5.28. The molecule has 0 radical (unpaired) electrons. The van der Waals surface area contributed by atoms with E-state index in [0.29, 0.717) is 6.61 Å². The van der Waals surface area contributed by atoms with Gasteiger partial charge in [0.05, 0.1) is 6.61 Å². The zero-order valence-electron chi connectivity index (χ0n) is 7.51. The summed E-state index contributed by atoms with van der Waals surface area (Å²) in [7, 11) is 1.92. The topological polar surface area (TPSA) is 27.1 Å². The van der Waals surface area contributed by atoms with Crippen LogP contribution >= 0.6 is 0 Å². The van der Waals surface area contributed by atoms with E-state index in [1.165, 1.54) is 0 Å². The van der Waals surface area contributed by atoms with E-state index in [1.807, 2.05) is 32.5 Å². The molecule has 62 valence electrons. The Kier molecular flexibility index (Phi) is 2.17. The number of rotatable bonds is 2. The Morgan fingerprint density at radius 3 is 2.45 bits per heavy atom. The first kappa shape index (κ1) is 8.11. The van der Waals surface area contributed by atoms with E-state index in [4.69, 9.17) is 4.74 Å². The number of nitrogens with zero attached hydrogens (tertiary/aromatic N) is 2. The van der Waals surface area contributed by atoms with Crippen LogP contribution in [0.25, 0.3) is 0 Å². The van der Waals surface area contributed by atoms with E-state index < -0.39 is 0 Å². The Balaban J connectivity index is 2.98. The van der Waals surface area contributed by atoms with Gasteiger partial charge < -0.3 is 4.74 Å². The van der Waals surface area contributed by atoms with Gasteiger partial charge in [-0.3, -0.25) is 4.68 Å². The quantitative estimate of drug-likeness (QED) is 0.644. The average molecular weight is 154 g/mol. The summed E-state index contributed by atoms with van der Waals surface area (Å²) in [6.07, 6.45) is 0. The second-order valence-corrected chi connectivity index (χ2v) is 2.57. The van der Waals surface area contributed by atoms with Crippen molar-refractivity contribution in [1.82, 2.24) is 9.78 Å². The van der Waals surface area contributed by atoms with Gasteiger partial charge >= 0.3 is 0 Å². The number of aryl methyl sites for hydroxylation is 1. The third kappa shape index (κ3) is 1.37. The molecule has 3 nitrogen and oxygen atoms in total. The lowest BCUT2D eigenvalue weighted by Crippen LogP contribution is -1.95. The van der Waals surface area contributed by atoms with Gasteiger partial charge in [0, 0.05) is 18.3 Å². The summed E-state index contributed by atoms with van der Waals surface area (Å²) in [5.41, 5.74) is 2.29. The largest absolute Gasteiger partial charge is 0.477 e. The van der Waals surface area contributed by atoms with Crippen molar-refractivity contribution in [3.63, 3.8) is 0 Å². The molecule has 1 aromatic rings. The van der Waals surface area contributed by atoms with E-state index in [-0.39, 0.29) is 0 Å². The molecule has 0 amide bonds. The minimum Gasteiger partial charge on any atom is -0.477 e. The second-order valence-electron chi connectivity index (χ2n) is 2.57. The predicted octanol–water partition coefficient (Wildman–Crippen LogP) is 1.44. The number of hydrogen-bond donors (Lipinski definition) is 0. The molecule has 1 heterocycles. The fourth-order valence-corrected chi connectivity index (χ4v) is 0.958. The third-order valence-electron chi connectivity index (χ3n) is 1.87. The minimum absolute atomic E-state index is 0.678. The van der Waals surface area contributed by atoms with Crippen LogP contribution in [0.15, 0.2) is 0 Å². The SMILES string of the molecule is CCOc1nn(C)c(C)c1C. The smallest absolute Gasteiger partial charge is 0.235 e. The van der Waals surface area contributed by atoms with Gasteiger partial charge in [-0.2, -0.15) is 0 Å². The predicted molar refractivity (Wildman–Crippen MR) is 43.9 cm³/mol. The lowest BCUT2D eigenvalue weighted by Gasteiger charge is -1.96. The normalized spacial score (nSPS) is 10.2. The molecule has 0 atom stereocenters. The maximum Gasteiger partial charge on any atom is 0.235 e. The average Bonchev–Trinajstić information content (AvgIpc) is 2.19. The van der Waals surface area contributed by atoms with E-state index in [9.17, 15) is 0 Å². The van der Waals surface area contributed by atoms with E-state index in [1.54, 1.807) is 0 Å².